The summed E-state index contributed by atoms with van der Waals surface area (Å²) in [6.07, 6.45) is 3.21. The summed E-state index contributed by atoms with van der Waals surface area (Å²) >= 11 is 6.44. The van der Waals surface area contributed by atoms with Gasteiger partial charge in [0.1, 0.15) is 12.0 Å². The number of amidine groups is 1. The molecule has 1 aliphatic rings. The minimum Gasteiger partial charge on any atom is -0.383 e. The van der Waals surface area contributed by atoms with Gasteiger partial charge in [0.2, 0.25) is 0 Å². The Kier molecular flexibility index (Phi) is 8.53. The molecule has 32 heavy (non-hydrogen) atoms. The van der Waals surface area contributed by atoms with Crippen LogP contribution in [0.15, 0.2) is 58.6 Å². The lowest BCUT2D eigenvalue weighted by Crippen LogP contribution is -2.31. The molecule has 1 aliphatic heterocycles. The van der Waals surface area contributed by atoms with Crippen molar-refractivity contribution in [2.75, 3.05) is 36.2 Å². The number of ether oxygens (including phenoxy) is 1. The van der Waals surface area contributed by atoms with Crippen LogP contribution in [0.4, 0.5) is 21.9 Å². The molecule has 1 unspecified atom stereocenters. The molecule has 3 rings (SSSR count). The highest BCUT2D eigenvalue weighted by Crippen LogP contribution is 2.25. The SMILES string of the molecule is C/C=C(Cl)\C1=N/C(C)Nc2cccc(c2)CCc2cc(ccc2NC(=O)NCCOC)N1. The van der Waals surface area contributed by atoms with E-state index in [0.717, 1.165) is 35.5 Å². The number of halogens is 1. The molecule has 7 nitrogen and oxygen atoms in total. The Morgan fingerprint density at radius 1 is 1.25 bits per heavy atom. The smallest absolute Gasteiger partial charge is 0.319 e. The van der Waals surface area contributed by atoms with E-state index in [2.05, 4.69) is 33.4 Å². The first-order valence-electron chi connectivity index (χ1n) is 10.7. The molecule has 4 bridgehead atoms. The third-order valence-corrected chi connectivity index (χ3v) is 5.39. The van der Waals surface area contributed by atoms with Gasteiger partial charge in [0.25, 0.3) is 0 Å². The fourth-order valence-electron chi connectivity index (χ4n) is 3.42. The number of hydrogen-bond donors (Lipinski definition) is 4. The molecule has 2 aromatic rings. The zero-order chi connectivity index (χ0) is 22.9. The molecule has 0 aliphatic carbocycles. The molecule has 4 N–H and O–H groups in total. The third kappa shape index (κ3) is 6.73. The van der Waals surface area contributed by atoms with E-state index in [-0.39, 0.29) is 12.2 Å². The molecular weight excluding hydrogens is 426 g/mol. The van der Waals surface area contributed by atoms with E-state index in [1.54, 1.807) is 13.2 Å². The van der Waals surface area contributed by atoms with Crippen molar-refractivity contribution in [3.05, 3.63) is 64.7 Å². The number of rotatable bonds is 5. The van der Waals surface area contributed by atoms with Gasteiger partial charge in [0.05, 0.1) is 11.6 Å². The van der Waals surface area contributed by atoms with Gasteiger partial charge in [-0.15, -0.1) is 0 Å². The van der Waals surface area contributed by atoms with E-state index in [4.69, 9.17) is 21.3 Å². The van der Waals surface area contributed by atoms with Crippen LogP contribution in [0.25, 0.3) is 0 Å². The van der Waals surface area contributed by atoms with Crippen molar-refractivity contribution in [2.24, 2.45) is 4.99 Å². The lowest BCUT2D eigenvalue weighted by Gasteiger charge is -2.16. The van der Waals surface area contributed by atoms with Crippen LogP contribution in [0.2, 0.25) is 0 Å². The quantitative estimate of drug-likeness (QED) is 0.480. The second-order valence-electron chi connectivity index (χ2n) is 7.51. The topological polar surface area (TPSA) is 86.8 Å². The lowest BCUT2D eigenvalue weighted by molar-refractivity contribution is 0.198. The first kappa shape index (κ1) is 23.6. The van der Waals surface area contributed by atoms with Crippen molar-refractivity contribution in [1.29, 1.82) is 0 Å². The molecule has 0 aromatic heterocycles. The number of benzene rings is 2. The van der Waals surface area contributed by atoms with Gasteiger partial charge in [-0.2, -0.15) is 0 Å². The molecule has 0 fully saturated rings. The standard InChI is InChI=1S/C24H30ClN5O2/c1-4-21(25)23-28-16(2)27-19-7-5-6-17(14-19)8-9-18-15-20(29-23)10-11-22(18)30-24(31)26-12-13-32-3/h4-7,10-11,14-16,27H,8-9,12-13H2,1-3H3,(H,28,29)(H2,26,30,31)/b21-4+. The highest BCUT2D eigenvalue weighted by molar-refractivity contribution is 6.44. The van der Waals surface area contributed by atoms with Gasteiger partial charge in [0, 0.05) is 30.7 Å². The number of urea groups is 1. The zero-order valence-corrected chi connectivity index (χ0v) is 19.4. The molecule has 1 atom stereocenters. The summed E-state index contributed by atoms with van der Waals surface area (Å²) in [7, 11) is 1.60. The summed E-state index contributed by atoms with van der Waals surface area (Å²) in [5, 5.41) is 13.0. The van der Waals surface area contributed by atoms with Crippen LogP contribution >= 0.6 is 11.6 Å². The summed E-state index contributed by atoms with van der Waals surface area (Å²) in [5.74, 6) is 0.577. The maximum absolute atomic E-state index is 12.3. The van der Waals surface area contributed by atoms with Crippen LogP contribution in [0.1, 0.15) is 25.0 Å². The molecule has 0 spiro atoms. The number of carbonyl (C=O) groups is 1. The number of aliphatic imine (C=N–C) groups is 1. The van der Waals surface area contributed by atoms with Crippen molar-refractivity contribution in [2.45, 2.75) is 32.9 Å². The predicted octanol–water partition coefficient (Wildman–Crippen LogP) is 4.96. The Morgan fingerprint density at radius 3 is 2.88 bits per heavy atom. The Balaban J connectivity index is 1.94. The van der Waals surface area contributed by atoms with Gasteiger partial charge in [-0.05, 0) is 68.1 Å². The normalized spacial score (nSPS) is 17.9. The molecule has 1 heterocycles. The Labute approximate surface area is 194 Å². The van der Waals surface area contributed by atoms with Crippen LogP contribution in [-0.4, -0.2) is 38.3 Å². The average Bonchev–Trinajstić information content (AvgIpc) is 2.78. The van der Waals surface area contributed by atoms with Gasteiger partial charge < -0.3 is 26.0 Å². The fraction of sp³-hybridized carbons (Fsp3) is 0.333. The van der Waals surface area contributed by atoms with Crippen LogP contribution in [0, 0.1) is 0 Å². The predicted molar refractivity (Wildman–Crippen MR) is 133 cm³/mol. The fourth-order valence-corrected chi connectivity index (χ4v) is 3.52. The Hall–Kier alpha value is -3.03. The van der Waals surface area contributed by atoms with Gasteiger partial charge in [0.15, 0.2) is 0 Å². The van der Waals surface area contributed by atoms with Crippen LogP contribution in [0.5, 0.6) is 0 Å². The first-order valence-corrected chi connectivity index (χ1v) is 11.1. The van der Waals surface area contributed by atoms with Crippen molar-refractivity contribution >= 4 is 40.5 Å². The Bertz CT molecular complexity index is 1010. The summed E-state index contributed by atoms with van der Waals surface area (Å²) in [6, 6.07) is 13.9. The molecule has 0 saturated heterocycles. The summed E-state index contributed by atoms with van der Waals surface area (Å²) in [5.41, 5.74) is 4.82. The monoisotopic (exact) mass is 455 g/mol. The second-order valence-corrected chi connectivity index (χ2v) is 7.91. The highest BCUT2D eigenvalue weighted by atomic mass is 35.5. The summed E-state index contributed by atoms with van der Waals surface area (Å²) < 4.78 is 4.99. The van der Waals surface area contributed by atoms with Crippen LogP contribution < -0.4 is 21.3 Å². The number of methoxy groups -OCH3 is 1. The van der Waals surface area contributed by atoms with E-state index in [9.17, 15) is 4.79 Å². The summed E-state index contributed by atoms with van der Waals surface area (Å²) in [4.78, 5) is 17.0. The maximum Gasteiger partial charge on any atom is 0.319 e. The van der Waals surface area contributed by atoms with E-state index < -0.39 is 0 Å². The number of carbonyl (C=O) groups excluding carboxylic acids is 1. The number of nitrogens with zero attached hydrogens (tertiary/aromatic N) is 1. The number of amides is 2. The van der Waals surface area contributed by atoms with Crippen LogP contribution in [0.3, 0.4) is 0 Å². The minimum absolute atomic E-state index is 0.182. The molecule has 8 heteroatoms. The first-order chi connectivity index (χ1) is 15.5. The highest BCUT2D eigenvalue weighted by Gasteiger charge is 2.13. The van der Waals surface area contributed by atoms with E-state index in [1.165, 1.54) is 5.56 Å². The minimum atomic E-state index is -0.263. The Morgan fingerprint density at radius 2 is 2.09 bits per heavy atom. The van der Waals surface area contributed by atoms with Crippen LogP contribution in [-0.2, 0) is 17.6 Å². The van der Waals surface area contributed by atoms with Crippen molar-refractivity contribution < 1.29 is 9.53 Å². The van der Waals surface area contributed by atoms with Crippen molar-refractivity contribution in [3.8, 4) is 0 Å². The average molecular weight is 456 g/mol. The largest absolute Gasteiger partial charge is 0.383 e. The summed E-state index contributed by atoms with van der Waals surface area (Å²) in [6.45, 7) is 4.75. The molecule has 0 saturated carbocycles. The van der Waals surface area contributed by atoms with E-state index in [1.807, 2.05) is 44.2 Å². The van der Waals surface area contributed by atoms with Crippen molar-refractivity contribution in [1.82, 2.24) is 5.32 Å². The van der Waals surface area contributed by atoms with Crippen molar-refractivity contribution in [3.63, 3.8) is 0 Å². The van der Waals surface area contributed by atoms with E-state index >= 15 is 0 Å². The number of anilines is 3. The molecule has 2 amide bonds. The molecule has 0 radical (unpaired) electrons. The second kappa shape index (κ2) is 11.5. The third-order valence-electron chi connectivity index (χ3n) is 5.00. The van der Waals surface area contributed by atoms with E-state index in [0.29, 0.717) is 24.0 Å². The molecule has 170 valence electrons. The maximum atomic E-state index is 12.3. The number of hydrogen-bond acceptors (Lipinski definition) is 5. The van der Waals surface area contributed by atoms with Gasteiger partial charge in [-0.1, -0.05) is 29.8 Å². The lowest BCUT2D eigenvalue weighted by atomic mass is 10.0. The molecular formula is C24H30ClN5O2. The number of allylic oxidation sites excluding steroid dienone is 1. The number of nitrogens with one attached hydrogen (secondary N) is 4. The number of aryl methyl sites for hydroxylation is 2. The van der Waals surface area contributed by atoms with Gasteiger partial charge >= 0.3 is 6.03 Å². The zero-order valence-electron chi connectivity index (χ0n) is 18.7. The molecule has 2 aromatic carbocycles. The van der Waals surface area contributed by atoms with Gasteiger partial charge in [-0.25, -0.2) is 9.79 Å². The number of fused-ring (bicyclic) bond motifs is 4. The van der Waals surface area contributed by atoms with Gasteiger partial charge in [-0.3, -0.25) is 0 Å².